The molecule has 0 aliphatic carbocycles. The average Bonchev–Trinajstić information content (AvgIpc) is 2.45. The standard InChI is InChI=1S/C15H22F3N3/c1-11(21-7-3-2-4-8-21)10-20-12-5-6-14(19)13(9-12)15(16,17)18/h5-6,9,11,20H,2-4,7-8,10,19H2,1H3. The molecular formula is C15H22F3N3. The number of alkyl halides is 3. The van der Waals surface area contributed by atoms with E-state index in [9.17, 15) is 13.2 Å². The zero-order valence-electron chi connectivity index (χ0n) is 12.2. The normalized spacial score (nSPS) is 18.5. The molecule has 0 amide bonds. The summed E-state index contributed by atoms with van der Waals surface area (Å²) in [5, 5.41) is 3.08. The predicted octanol–water partition coefficient (Wildman–Crippen LogP) is 3.57. The van der Waals surface area contributed by atoms with Gasteiger partial charge in [0.2, 0.25) is 0 Å². The minimum Gasteiger partial charge on any atom is -0.398 e. The number of likely N-dealkylation sites (tertiary alicyclic amines) is 1. The molecule has 0 spiro atoms. The van der Waals surface area contributed by atoms with Gasteiger partial charge < -0.3 is 11.1 Å². The van der Waals surface area contributed by atoms with Gasteiger partial charge in [0.1, 0.15) is 0 Å². The van der Waals surface area contributed by atoms with E-state index in [1.54, 1.807) is 6.07 Å². The van der Waals surface area contributed by atoms with Crippen LogP contribution in [0.2, 0.25) is 0 Å². The number of nitrogens with one attached hydrogen (secondary N) is 1. The first-order valence-electron chi connectivity index (χ1n) is 7.32. The van der Waals surface area contributed by atoms with E-state index in [-0.39, 0.29) is 5.69 Å². The number of rotatable bonds is 4. The number of nitrogens with two attached hydrogens (primary N) is 1. The molecule has 1 atom stereocenters. The van der Waals surface area contributed by atoms with Crippen LogP contribution >= 0.6 is 0 Å². The molecule has 118 valence electrons. The van der Waals surface area contributed by atoms with Gasteiger partial charge in [-0.15, -0.1) is 0 Å². The highest BCUT2D eigenvalue weighted by atomic mass is 19.4. The van der Waals surface area contributed by atoms with Crippen LogP contribution in [-0.2, 0) is 6.18 Å². The Bertz CT molecular complexity index is 468. The van der Waals surface area contributed by atoms with Crippen LogP contribution in [0.3, 0.4) is 0 Å². The molecule has 1 unspecified atom stereocenters. The molecule has 6 heteroatoms. The molecule has 0 aromatic heterocycles. The molecule has 1 aliphatic heterocycles. The molecular weight excluding hydrogens is 279 g/mol. The molecule has 3 nitrogen and oxygen atoms in total. The van der Waals surface area contributed by atoms with Gasteiger partial charge in [-0.1, -0.05) is 6.42 Å². The monoisotopic (exact) mass is 301 g/mol. The summed E-state index contributed by atoms with van der Waals surface area (Å²) in [6.45, 7) is 4.86. The predicted molar refractivity (Wildman–Crippen MR) is 79.2 cm³/mol. The van der Waals surface area contributed by atoms with Crippen LogP contribution in [0.15, 0.2) is 18.2 Å². The molecule has 3 N–H and O–H groups in total. The topological polar surface area (TPSA) is 41.3 Å². The summed E-state index contributed by atoms with van der Waals surface area (Å²) >= 11 is 0. The fourth-order valence-electron chi connectivity index (χ4n) is 2.67. The third-order valence-electron chi connectivity index (χ3n) is 3.97. The quantitative estimate of drug-likeness (QED) is 0.835. The Labute approximate surface area is 123 Å². The molecule has 1 fully saturated rings. The third-order valence-corrected chi connectivity index (χ3v) is 3.97. The van der Waals surface area contributed by atoms with Gasteiger partial charge in [-0.05, 0) is 51.1 Å². The van der Waals surface area contributed by atoms with E-state index in [0.717, 1.165) is 19.2 Å². The van der Waals surface area contributed by atoms with Crippen LogP contribution in [0.5, 0.6) is 0 Å². The van der Waals surface area contributed by atoms with Crippen molar-refractivity contribution in [1.29, 1.82) is 0 Å². The second kappa shape index (κ2) is 6.56. The van der Waals surface area contributed by atoms with Crippen LogP contribution in [0.25, 0.3) is 0 Å². The Hall–Kier alpha value is -1.43. The van der Waals surface area contributed by atoms with Crippen molar-refractivity contribution in [3.63, 3.8) is 0 Å². The van der Waals surface area contributed by atoms with E-state index >= 15 is 0 Å². The van der Waals surface area contributed by atoms with E-state index in [0.29, 0.717) is 18.3 Å². The van der Waals surface area contributed by atoms with Gasteiger partial charge in [-0.2, -0.15) is 13.2 Å². The van der Waals surface area contributed by atoms with Crippen LogP contribution in [0, 0.1) is 0 Å². The second-order valence-electron chi connectivity index (χ2n) is 5.63. The zero-order chi connectivity index (χ0) is 15.5. The highest BCUT2D eigenvalue weighted by Gasteiger charge is 2.33. The SMILES string of the molecule is CC(CNc1ccc(N)c(C(F)(F)F)c1)N1CCCCC1. The number of piperidine rings is 1. The first-order chi connectivity index (χ1) is 9.88. The molecule has 2 rings (SSSR count). The van der Waals surface area contributed by atoms with Crippen LogP contribution in [-0.4, -0.2) is 30.6 Å². The van der Waals surface area contributed by atoms with Gasteiger partial charge in [0.15, 0.2) is 0 Å². The molecule has 1 saturated heterocycles. The zero-order valence-corrected chi connectivity index (χ0v) is 12.2. The molecule has 1 aliphatic rings. The summed E-state index contributed by atoms with van der Waals surface area (Å²) in [4.78, 5) is 2.37. The first-order valence-corrected chi connectivity index (χ1v) is 7.32. The highest BCUT2D eigenvalue weighted by Crippen LogP contribution is 2.35. The summed E-state index contributed by atoms with van der Waals surface area (Å²) in [7, 11) is 0. The molecule has 0 bridgehead atoms. The summed E-state index contributed by atoms with van der Waals surface area (Å²) in [5.41, 5.74) is 4.83. The van der Waals surface area contributed by atoms with Crippen molar-refractivity contribution in [2.24, 2.45) is 0 Å². The lowest BCUT2D eigenvalue weighted by molar-refractivity contribution is -0.136. The average molecular weight is 301 g/mol. The second-order valence-corrected chi connectivity index (χ2v) is 5.63. The Morgan fingerprint density at radius 3 is 2.52 bits per heavy atom. The number of nitrogens with zero attached hydrogens (tertiary/aromatic N) is 1. The first kappa shape index (κ1) is 15.9. The Balaban J connectivity index is 1.96. The summed E-state index contributed by atoms with van der Waals surface area (Å²) in [6, 6.07) is 4.28. The van der Waals surface area contributed by atoms with Crippen molar-refractivity contribution in [1.82, 2.24) is 4.90 Å². The highest BCUT2D eigenvalue weighted by molar-refractivity contribution is 5.58. The molecule has 0 radical (unpaired) electrons. The minimum absolute atomic E-state index is 0.239. The number of anilines is 2. The minimum atomic E-state index is -4.42. The van der Waals surface area contributed by atoms with Crippen molar-refractivity contribution in [2.75, 3.05) is 30.7 Å². The van der Waals surface area contributed by atoms with Gasteiger partial charge >= 0.3 is 6.18 Å². The number of nitrogen functional groups attached to an aromatic ring is 1. The number of hydrogen-bond acceptors (Lipinski definition) is 3. The maximum atomic E-state index is 12.8. The largest absolute Gasteiger partial charge is 0.418 e. The molecule has 21 heavy (non-hydrogen) atoms. The van der Waals surface area contributed by atoms with Crippen molar-refractivity contribution >= 4 is 11.4 Å². The van der Waals surface area contributed by atoms with Crippen molar-refractivity contribution in [2.45, 2.75) is 38.4 Å². The van der Waals surface area contributed by atoms with Crippen molar-refractivity contribution in [3.8, 4) is 0 Å². The van der Waals surface area contributed by atoms with Crippen molar-refractivity contribution in [3.05, 3.63) is 23.8 Å². The number of hydrogen-bond donors (Lipinski definition) is 2. The third kappa shape index (κ3) is 4.27. The lowest BCUT2D eigenvalue weighted by Crippen LogP contribution is -2.41. The lowest BCUT2D eigenvalue weighted by atomic mass is 10.1. The Kier molecular flexibility index (Phi) is 4.98. The van der Waals surface area contributed by atoms with Gasteiger partial charge in [0.05, 0.1) is 5.56 Å². The Morgan fingerprint density at radius 2 is 1.90 bits per heavy atom. The van der Waals surface area contributed by atoms with E-state index in [2.05, 4.69) is 17.1 Å². The maximum absolute atomic E-state index is 12.8. The van der Waals surface area contributed by atoms with Gasteiger partial charge in [0.25, 0.3) is 0 Å². The molecule has 1 aromatic carbocycles. The van der Waals surface area contributed by atoms with E-state index in [1.165, 1.54) is 25.3 Å². The summed E-state index contributed by atoms with van der Waals surface area (Å²) < 4.78 is 38.4. The van der Waals surface area contributed by atoms with Crippen LogP contribution in [0.4, 0.5) is 24.5 Å². The van der Waals surface area contributed by atoms with E-state index in [1.807, 2.05) is 0 Å². The fourth-order valence-corrected chi connectivity index (χ4v) is 2.67. The van der Waals surface area contributed by atoms with Crippen molar-refractivity contribution < 1.29 is 13.2 Å². The molecule has 1 heterocycles. The summed E-state index contributed by atoms with van der Waals surface area (Å²) in [6.07, 6.45) is -0.751. The summed E-state index contributed by atoms with van der Waals surface area (Å²) in [5.74, 6) is 0. The lowest BCUT2D eigenvalue weighted by Gasteiger charge is -2.32. The number of halogens is 3. The van der Waals surface area contributed by atoms with E-state index < -0.39 is 11.7 Å². The molecule has 1 aromatic rings. The molecule has 0 saturated carbocycles. The Morgan fingerprint density at radius 1 is 1.24 bits per heavy atom. The van der Waals surface area contributed by atoms with Gasteiger partial charge in [-0.25, -0.2) is 0 Å². The van der Waals surface area contributed by atoms with Gasteiger partial charge in [-0.3, -0.25) is 4.90 Å². The van der Waals surface area contributed by atoms with Crippen LogP contribution in [0.1, 0.15) is 31.7 Å². The van der Waals surface area contributed by atoms with Crippen LogP contribution < -0.4 is 11.1 Å². The maximum Gasteiger partial charge on any atom is 0.418 e. The van der Waals surface area contributed by atoms with Gasteiger partial charge in [0, 0.05) is 24.0 Å². The van der Waals surface area contributed by atoms with E-state index in [4.69, 9.17) is 5.73 Å². The fraction of sp³-hybridized carbons (Fsp3) is 0.600. The smallest absolute Gasteiger partial charge is 0.398 e. The number of benzene rings is 1.